The van der Waals surface area contributed by atoms with E-state index >= 15 is 0 Å². The highest BCUT2D eigenvalue weighted by molar-refractivity contribution is 6.31. The van der Waals surface area contributed by atoms with E-state index in [0.29, 0.717) is 18.5 Å². The van der Waals surface area contributed by atoms with Gasteiger partial charge in [-0.3, -0.25) is 4.79 Å². The van der Waals surface area contributed by atoms with E-state index in [1.807, 2.05) is 31.3 Å². The van der Waals surface area contributed by atoms with Crippen LogP contribution in [0.15, 0.2) is 24.3 Å². The van der Waals surface area contributed by atoms with Crippen molar-refractivity contribution in [3.05, 3.63) is 34.9 Å². The van der Waals surface area contributed by atoms with Crippen molar-refractivity contribution in [3.63, 3.8) is 0 Å². The maximum atomic E-state index is 10.7. The van der Waals surface area contributed by atoms with Crippen molar-refractivity contribution >= 4 is 17.6 Å². The molecule has 0 aromatic heterocycles. The summed E-state index contributed by atoms with van der Waals surface area (Å²) in [5.74, 6) is -0.317. The Balaban J connectivity index is 2.73. The largest absolute Gasteiger partial charge is 0.481 e. The molecule has 0 bridgehead atoms. The molecular formula is C15H22ClNO2. The number of aliphatic carboxylic acids is 1. The molecular weight excluding hydrogens is 262 g/mol. The Bertz CT molecular complexity index is 420. The predicted octanol–water partition coefficient (Wildman–Crippen LogP) is 3.31. The standard InChI is InChI=1S/C15H22ClNO2/c1-11(2)14(17(3)9-8-15(18)19)10-12-6-4-5-7-13(12)16/h4-7,11,14H,8-10H2,1-3H3,(H,18,19). The van der Waals surface area contributed by atoms with Gasteiger partial charge in [-0.15, -0.1) is 0 Å². The van der Waals surface area contributed by atoms with Crippen molar-refractivity contribution < 1.29 is 9.90 Å². The summed E-state index contributed by atoms with van der Waals surface area (Å²) in [5.41, 5.74) is 1.12. The molecule has 4 heteroatoms. The molecule has 1 atom stereocenters. The number of hydrogen-bond donors (Lipinski definition) is 1. The van der Waals surface area contributed by atoms with Crippen molar-refractivity contribution in [1.29, 1.82) is 0 Å². The zero-order chi connectivity index (χ0) is 14.4. The minimum absolute atomic E-state index is 0.169. The van der Waals surface area contributed by atoms with Gasteiger partial charge in [0.05, 0.1) is 6.42 Å². The van der Waals surface area contributed by atoms with E-state index in [0.717, 1.165) is 17.0 Å². The van der Waals surface area contributed by atoms with Crippen LogP contribution in [0.4, 0.5) is 0 Å². The molecule has 0 aliphatic heterocycles. The van der Waals surface area contributed by atoms with Gasteiger partial charge in [0.25, 0.3) is 0 Å². The molecule has 3 nitrogen and oxygen atoms in total. The zero-order valence-corrected chi connectivity index (χ0v) is 12.5. The van der Waals surface area contributed by atoms with E-state index in [1.54, 1.807) is 0 Å². The minimum Gasteiger partial charge on any atom is -0.481 e. The fraction of sp³-hybridized carbons (Fsp3) is 0.533. The number of rotatable bonds is 7. The van der Waals surface area contributed by atoms with Gasteiger partial charge in [-0.05, 0) is 31.0 Å². The fourth-order valence-electron chi connectivity index (χ4n) is 2.23. The van der Waals surface area contributed by atoms with Crippen LogP contribution in [0.1, 0.15) is 25.8 Å². The average Bonchev–Trinajstić information content (AvgIpc) is 2.34. The van der Waals surface area contributed by atoms with Gasteiger partial charge >= 0.3 is 5.97 Å². The van der Waals surface area contributed by atoms with E-state index < -0.39 is 5.97 Å². The Labute approximate surface area is 120 Å². The first-order chi connectivity index (χ1) is 8.91. The molecule has 1 aromatic rings. The summed E-state index contributed by atoms with van der Waals surface area (Å²) in [6.45, 7) is 4.86. The van der Waals surface area contributed by atoms with Crippen LogP contribution < -0.4 is 0 Å². The summed E-state index contributed by atoms with van der Waals surface area (Å²) in [5, 5.41) is 9.55. The quantitative estimate of drug-likeness (QED) is 0.834. The highest BCUT2D eigenvalue weighted by atomic mass is 35.5. The number of carboxylic acids is 1. The lowest BCUT2D eigenvalue weighted by Gasteiger charge is -2.31. The molecule has 1 rings (SSSR count). The van der Waals surface area contributed by atoms with Gasteiger partial charge in [-0.1, -0.05) is 43.6 Å². The molecule has 1 N–H and O–H groups in total. The topological polar surface area (TPSA) is 40.5 Å². The fourth-order valence-corrected chi connectivity index (χ4v) is 2.44. The van der Waals surface area contributed by atoms with E-state index in [4.69, 9.17) is 16.7 Å². The number of nitrogens with zero attached hydrogens (tertiary/aromatic N) is 1. The molecule has 0 aliphatic carbocycles. The number of halogens is 1. The van der Waals surface area contributed by atoms with Crippen molar-refractivity contribution in [2.45, 2.75) is 32.7 Å². The lowest BCUT2D eigenvalue weighted by molar-refractivity contribution is -0.137. The molecule has 0 radical (unpaired) electrons. The zero-order valence-electron chi connectivity index (χ0n) is 11.8. The highest BCUT2D eigenvalue weighted by Gasteiger charge is 2.20. The van der Waals surface area contributed by atoms with Gasteiger partial charge in [-0.2, -0.15) is 0 Å². The third-order valence-corrected chi connectivity index (χ3v) is 3.77. The van der Waals surface area contributed by atoms with Crippen molar-refractivity contribution in [2.75, 3.05) is 13.6 Å². The summed E-state index contributed by atoms with van der Waals surface area (Å²) in [4.78, 5) is 12.8. The smallest absolute Gasteiger partial charge is 0.304 e. The second-order valence-corrected chi connectivity index (χ2v) is 5.64. The van der Waals surface area contributed by atoms with Crippen LogP contribution in [-0.2, 0) is 11.2 Å². The number of likely N-dealkylation sites (N-methyl/N-ethyl adjacent to an activating group) is 1. The number of hydrogen-bond acceptors (Lipinski definition) is 2. The normalized spacial score (nSPS) is 12.9. The lowest BCUT2D eigenvalue weighted by Crippen LogP contribution is -2.39. The molecule has 1 aromatic carbocycles. The number of benzene rings is 1. The van der Waals surface area contributed by atoms with Gasteiger partial charge in [-0.25, -0.2) is 0 Å². The van der Waals surface area contributed by atoms with E-state index in [-0.39, 0.29) is 6.42 Å². The Kier molecular flexibility index (Phi) is 6.32. The highest BCUT2D eigenvalue weighted by Crippen LogP contribution is 2.21. The Morgan fingerprint density at radius 3 is 2.53 bits per heavy atom. The minimum atomic E-state index is -0.757. The van der Waals surface area contributed by atoms with Crippen LogP contribution >= 0.6 is 11.6 Å². The maximum Gasteiger partial charge on any atom is 0.304 e. The summed E-state index contributed by atoms with van der Waals surface area (Å²) in [7, 11) is 1.98. The summed E-state index contributed by atoms with van der Waals surface area (Å²) < 4.78 is 0. The lowest BCUT2D eigenvalue weighted by atomic mass is 9.95. The molecule has 106 valence electrons. The van der Waals surface area contributed by atoms with Crippen molar-refractivity contribution in [1.82, 2.24) is 4.90 Å². The van der Waals surface area contributed by atoms with Crippen molar-refractivity contribution in [3.8, 4) is 0 Å². The maximum absolute atomic E-state index is 10.7. The second-order valence-electron chi connectivity index (χ2n) is 5.23. The third kappa shape index (κ3) is 5.21. The Morgan fingerprint density at radius 2 is 2.00 bits per heavy atom. The molecule has 0 fully saturated rings. The Morgan fingerprint density at radius 1 is 1.37 bits per heavy atom. The van der Waals surface area contributed by atoms with Crippen molar-refractivity contribution in [2.24, 2.45) is 5.92 Å². The summed E-state index contributed by atoms with van der Waals surface area (Å²) in [6, 6.07) is 8.12. The van der Waals surface area contributed by atoms with Gasteiger partial charge in [0, 0.05) is 17.6 Å². The molecule has 0 spiro atoms. The SMILES string of the molecule is CC(C)C(Cc1ccccc1Cl)N(C)CCC(=O)O. The van der Waals surface area contributed by atoms with Crippen LogP contribution in [0.3, 0.4) is 0 Å². The molecule has 1 unspecified atom stereocenters. The van der Waals surface area contributed by atoms with Crippen LogP contribution in [-0.4, -0.2) is 35.6 Å². The first-order valence-electron chi connectivity index (χ1n) is 6.57. The third-order valence-electron chi connectivity index (χ3n) is 3.40. The van der Waals surface area contributed by atoms with Gasteiger partial charge < -0.3 is 10.0 Å². The number of carbonyl (C=O) groups is 1. The van der Waals surface area contributed by atoms with Crippen LogP contribution in [0.25, 0.3) is 0 Å². The van der Waals surface area contributed by atoms with Gasteiger partial charge in [0.1, 0.15) is 0 Å². The summed E-state index contributed by atoms with van der Waals surface area (Å²) >= 11 is 6.19. The first kappa shape index (κ1) is 16.0. The van der Waals surface area contributed by atoms with Crippen LogP contribution in [0.2, 0.25) is 5.02 Å². The number of carboxylic acid groups (broad SMARTS) is 1. The molecule has 0 amide bonds. The van der Waals surface area contributed by atoms with Crippen LogP contribution in [0.5, 0.6) is 0 Å². The Hall–Kier alpha value is -1.06. The van der Waals surface area contributed by atoms with E-state index in [9.17, 15) is 4.79 Å². The molecule has 0 saturated carbocycles. The second kappa shape index (κ2) is 7.51. The monoisotopic (exact) mass is 283 g/mol. The molecule has 0 saturated heterocycles. The van der Waals surface area contributed by atoms with Gasteiger partial charge in [0.2, 0.25) is 0 Å². The predicted molar refractivity (Wildman–Crippen MR) is 78.7 cm³/mol. The summed E-state index contributed by atoms with van der Waals surface area (Å²) in [6.07, 6.45) is 1.01. The first-order valence-corrected chi connectivity index (χ1v) is 6.95. The molecule has 0 aliphatic rings. The molecule has 19 heavy (non-hydrogen) atoms. The van der Waals surface area contributed by atoms with Gasteiger partial charge in [0.15, 0.2) is 0 Å². The van der Waals surface area contributed by atoms with Crippen LogP contribution in [0, 0.1) is 5.92 Å². The van der Waals surface area contributed by atoms with E-state index in [1.165, 1.54) is 0 Å². The molecule has 0 heterocycles. The van der Waals surface area contributed by atoms with E-state index in [2.05, 4.69) is 18.7 Å². The average molecular weight is 284 g/mol.